The fraction of sp³-hybridized carbons (Fsp3) is 0.364. The first-order valence-electron chi connectivity index (χ1n) is 10.3. The number of benzene rings is 2. The van der Waals surface area contributed by atoms with E-state index < -0.39 is 22.5 Å². The Morgan fingerprint density at radius 3 is 2.64 bits per heavy atom. The number of ether oxygens (including phenoxy) is 2. The zero-order chi connectivity index (χ0) is 24.0. The Balaban J connectivity index is 1.82. The highest BCUT2D eigenvalue weighted by Gasteiger charge is 2.20. The maximum absolute atomic E-state index is 12.9. The van der Waals surface area contributed by atoms with Crippen LogP contribution in [0.5, 0.6) is 11.5 Å². The van der Waals surface area contributed by atoms with Crippen LogP contribution >= 0.6 is 0 Å². The second kappa shape index (κ2) is 10.6. The summed E-state index contributed by atoms with van der Waals surface area (Å²) in [7, 11) is -0.882. The van der Waals surface area contributed by atoms with Gasteiger partial charge in [0.2, 0.25) is 0 Å². The van der Waals surface area contributed by atoms with Crippen LogP contribution in [0.15, 0.2) is 51.8 Å². The quantitative estimate of drug-likeness (QED) is 0.638. The van der Waals surface area contributed by atoms with Gasteiger partial charge in [0.05, 0.1) is 12.0 Å². The van der Waals surface area contributed by atoms with Gasteiger partial charge in [-0.1, -0.05) is 12.5 Å². The number of sulfonamides is 1. The number of carbonyl (C=O) groups is 1. The van der Waals surface area contributed by atoms with Gasteiger partial charge in [-0.3, -0.25) is 4.79 Å². The molecule has 0 aromatic heterocycles. The Bertz CT molecular complexity index is 1140. The van der Waals surface area contributed by atoms with Crippen molar-refractivity contribution in [2.24, 2.45) is 4.40 Å². The minimum atomic E-state index is -3.99. The van der Waals surface area contributed by atoms with Gasteiger partial charge < -0.3 is 19.7 Å². The van der Waals surface area contributed by atoms with Crippen molar-refractivity contribution >= 4 is 27.5 Å². The lowest BCUT2D eigenvalue weighted by Crippen LogP contribution is -2.26. The molecule has 8 nitrogen and oxygen atoms in total. The molecular weight excluding hydrogens is 456 g/mol. The van der Waals surface area contributed by atoms with Crippen molar-refractivity contribution in [1.29, 1.82) is 0 Å². The van der Waals surface area contributed by atoms with Crippen molar-refractivity contribution in [3.05, 3.63) is 48.0 Å². The molecule has 0 spiro atoms. The molecule has 1 aliphatic rings. The van der Waals surface area contributed by atoms with Crippen molar-refractivity contribution in [3.63, 3.8) is 0 Å². The van der Waals surface area contributed by atoms with Crippen LogP contribution in [0.4, 0.5) is 14.5 Å². The van der Waals surface area contributed by atoms with Crippen LogP contribution in [-0.2, 0) is 10.0 Å². The van der Waals surface area contributed by atoms with Crippen molar-refractivity contribution in [1.82, 2.24) is 4.90 Å². The predicted octanol–water partition coefficient (Wildman–Crippen LogP) is 4.14. The molecule has 1 fully saturated rings. The fourth-order valence-electron chi connectivity index (χ4n) is 3.38. The lowest BCUT2D eigenvalue weighted by atomic mass is 10.2. The minimum absolute atomic E-state index is 0.0278. The number of alkyl halides is 2. The Kier molecular flexibility index (Phi) is 7.85. The molecule has 178 valence electrons. The largest absolute Gasteiger partial charge is 0.493 e. The molecule has 0 unspecified atom stereocenters. The SMILES string of the molecule is COc1ccc(C(=O)Nc2cccc(S(=O)(=O)N=C3CCCCCN3C)c2)cc1OC(F)F. The first-order chi connectivity index (χ1) is 15.7. The Morgan fingerprint density at radius 1 is 1.12 bits per heavy atom. The zero-order valence-corrected chi connectivity index (χ0v) is 19.1. The molecule has 2 aromatic carbocycles. The third-order valence-corrected chi connectivity index (χ3v) is 6.39. The number of likely N-dealkylation sites (tertiary alicyclic amines) is 1. The van der Waals surface area contributed by atoms with Gasteiger partial charge in [0.15, 0.2) is 11.5 Å². The number of amidine groups is 1. The summed E-state index contributed by atoms with van der Waals surface area (Å²) in [6, 6.07) is 9.52. The molecule has 1 amide bonds. The average molecular weight is 482 g/mol. The molecule has 0 radical (unpaired) electrons. The average Bonchev–Trinajstić information content (AvgIpc) is 2.97. The van der Waals surface area contributed by atoms with E-state index in [4.69, 9.17) is 4.74 Å². The van der Waals surface area contributed by atoms with Gasteiger partial charge in [-0.25, -0.2) is 0 Å². The summed E-state index contributed by atoms with van der Waals surface area (Å²) in [4.78, 5) is 14.4. The number of carbonyl (C=O) groups excluding carboxylic acids is 1. The number of anilines is 1. The molecule has 11 heteroatoms. The molecule has 2 aromatic rings. The van der Waals surface area contributed by atoms with Crippen LogP contribution < -0.4 is 14.8 Å². The summed E-state index contributed by atoms with van der Waals surface area (Å²) in [5, 5.41) is 2.56. The van der Waals surface area contributed by atoms with Crippen LogP contribution in [0.1, 0.15) is 36.0 Å². The van der Waals surface area contributed by atoms with Crippen molar-refractivity contribution in [2.75, 3.05) is 26.0 Å². The van der Waals surface area contributed by atoms with Crippen LogP contribution in [0.2, 0.25) is 0 Å². The van der Waals surface area contributed by atoms with Gasteiger partial charge in [-0.15, -0.1) is 4.40 Å². The number of amides is 1. The van der Waals surface area contributed by atoms with Crippen molar-refractivity contribution in [3.8, 4) is 11.5 Å². The maximum atomic E-state index is 12.9. The molecule has 0 saturated carbocycles. The van der Waals surface area contributed by atoms with Crippen LogP contribution in [0, 0.1) is 0 Å². The number of halogens is 2. The normalized spacial score (nSPS) is 15.9. The molecule has 0 bridgehead atoms. The van der Waals surface area contributed by atoms with Crippen molar-refractivity contribution < 1.29 is 31.5 Å². The zero-order valence-electron chi connectivity index (χ0n) is 18.3. The van der Waals surface area contributed by atoms with Gasteiger partial charge in [0.25, 0.3) is 15.9 Å². The Morgan fingerprint density at radius 2 is 1.91 bits per heavy atom. The third-order valence-electron chi connectivity index (χ3n) is 5.09. The van der Waals surface area contributed by atoms with E-state index >= 15 is 0 Å². The number of nitrogens with one attached hydrogen (secondary N) is 1. The Hall–Kier alpha value is -3.21. The third kappa shape index (κ3) is 6.41. The molecule has 1 heterocycles. The molecule has 0 aliphatic carbocycles. The first kappa shape index (κ1) is 24.4. The number of nitrogens with zero attached hydrogens (tertiary/aromatic N) is 2. The molecule has 1 saturated heterocycles. The summed E-state index contributed by atoms with van der Waals surface area (Å²) in [6.45, 7) is -2.35. The summed E-state index contributed by atoms with van der Waals surface area (Å²) >= 11 is 0. The lowest BCUT2D eigenvalue weighted by molar-refractivity contribution is -0.0512. The molecule has 1 aliphatic heterocycles. The summed E-state index contributed by atoms with van der Waals surface area (Å²) < 4.78 is 64.4. The van der Waals surface area contributed by atoms with E-state index in [0.717, 1.165) is 31.9 Å². The number of hydrogen-bond acceptors (Lipinski definition) is 5. The van der Waals surface area contributed by atoms with E-state index in [2.05, 4.69) is 14.5 Å². The van der Waals surface area contributed by atoms with E-state index in [0.29, 0.717) is 12.3 Å². The molecule has 0 atom stereocenters. The molecular formula is C22H25F2N3O5S. The topological polar surface area (TPSA) is 97.3 Å². The van der Waals surface area contributed by atoms with Gasteiger partial charge in [-0.05, 0) is 49.2 Å². The second-order valence-corrected chi connectivity index (χ2v) is 9.05. The predicted molar refractivity (Wildman–Crippen MR) is 120 cm³/mol. The summed E-state index contributed by atoms with van der Waals surface area (Å²) in [5.74, 6) is -0.379. The molecule has 1 N–H and O–H groups in total. The molecule has 33 heavy (non-hydrogen) atoms. The van der Waals surface area contributed by atoms with Gasteiger partial charge in [0, 0.05) is 31.3 Å². The van der Waals surface area contributed by atoms with E-state index in [9.17, 15) is 22.0 Å². The summed E-state index contributed by atoms with van der Waals surface area (Å²) in [6.07, 6.45) is 3.44. The summed E-state index contributed by atoms with van der Waals surface area (Å²) in [5.41, 5.74) is 0.239. The maximum Gasteiger partial charge on any atom is 0.387 e. The van der Waals surface area contributed by atoms with E-state index in [1.54, 1.807) is 0 Å². The van der Waals surface area contributed by atoms with Crippen LogP contribution in [0.3, 0.4) is 0 Å². The smallest absolute Gasteiger partial charge is 0.387 e. The highest BCUT2D eigenvalue weighted by Crippen LogP contribution is 2.30. The highest BCUT2D eigenvalue weighted by atomic mass is 32.2. The monoisotopic (exact) mass is 481 g/mol. The van der Waals surface area contributed by atoms with E-state index in [1.165, 1.54) is 43.5 Å². The first-order valence-corrected chi connectivity index (χ1v) is 11.7. The van der Waals surface area contributed by atoms with Gasteiger partial charge >= 0.3 is 6.61 Å². The number of hydrogen-bond donors (Lipinski definition) is 1. The Labute approximate surface area is 191 Å². The number of rotatable bonds is 7. The van der Waals surface area contributed by atoms with Crippen molar-refractivity contribution in [2.45, 2.75) is 37.2 Å². The van der Waals surface area contributed by atoms with Crippen LogP contribution in [0.25, 0.3) is 0 Å². The second-order valence-electron chi connectivity index (χ2n) is 7.44. The highest BCUT2D eigenvalue weighted by molar-refractivity contribution is 7.90. The minimum Gasteiger partial charge on any atom is -0.493 e. The lowest BCUT2D eigenvalue weighted by Gasteiger charge is -2.17. The molecule has 3 rings (SSSR count). The van der Waals surface area contributed by atoms with Crippen LogP contribution in [-0.4, -0.2) is 52.4 Å². The van der Waals surface area contributed by atoms with E-state index in [1.807, 2.05) is 11.9 Å². The standard InChI is InChI=1S/C22H25F2N3O5S/c1-27-12-5-3-4-9-20(27)26-33(29,30)17-8-6-7-16(14-17)25-21(28)15-10-11-18(31-2)19(13-15)32-22(23)24/h6-8,10-11,13-14,22H,3-5,9,12H2,1-2H3,(H,25,28). The number of methoxy groups -OCH3 is 1. The fourth-order valence-corrected chi connectivity index (χ4v) is 4.52. The van der Waals surface area contributed by atoms with Gasteiger partial charge in [-0.2, -0.15) is 17.2 Å². The van der Waals surface area contributed by atoms with E-state index in [-0.39, 0.29) is 27.6 Å². The van der Waals surface area contributed by atoms with Gasteiger partial charge in [0.1, 0.15) is 5.84 Å².